The Bertz CT molecular complexity index is 1820. The summed E-state index contributed by atoms with van der Waals surface area (Å²) in [6.07, 6.45) is 7.75. The molecule has 1 aliphatic rings. The molecule has 7 rings (SSSR count). The number of hydrogen-bond donors (Lipinski definition) is 2. The van der Waals surface area contributed by atoms with Crippen molar-refractivity contribution in [1.82, 2.24) is 25.1 Å². The SMILES string of the molecule is CNc1nccc(-c2cccnc2Oc2ccc(Nc3nnc(-c4cc5ccccc5s4)c4c3CCCC4)cc2)n1. The first-order valence-electron chi connectivity index (χ1n) is 13.6. The highest BCUT2D eigenvalue weighted by molar-refractivity contribution is 7.22. The molecule has 0 saturated heterocycles. The standard InChI is InChI=1S/C32H27N7OS/c1-33-32-35-18-16-26(37-32)25-10-6-17-34-31(25)40-22-14-12-21(13-15-22)36-30-24-9-4-3-8-23(24)29(38-39-30)28-19-20-7-2-5-11-27(20)41-28/h2,5-7,10-19H,3-4,8-9H2,1H3,(H,36,39)(H,33,35,37). The minimum absolute atomic E-state index is 0.478. The highest BCUT2D eigenvalue weighted by Crippen LogP contribution is 2.39. The number of anilines is 3. The number of fused-ring (bicyclic) bond motifs is 2. The fourth-order valence-electron chi connectivity index (χ4n) is 5.20. The summed E-state index contributed by atoms with van der Waals surface area (Å²) in [6.45, 7) is 0. The highest BCUT2D eigenvalue weighted by atomic mass is 32.1. The molecule has 0 amide bonds. The van der Waals surface area contributed by atoms with Crippen LogP contribution in [0.25, 0.3) is 31.9 Å². The second-order valence-electron chi connectivity index (χ2n) is 9.83. The molecular formula is C32H27N7OS. The van der Waals surface area contributed by atoms with E-state index in [9.17, 15) is 0 Å². The van der Waals surface area contributed by atoms with Crippen molar-refractivity contribution in [2.75, 3.05) is 17.7 Å². The second kappa shape index (κ2) is 10.9. The lowest BCUT2D eigenvalue weighted by Gasteiger charge is -2.21. The summed E-state index contributed by atoms with van der Waals surface area (Å²) in [5.41, 5.74) is 6.04. The molecule has 0 atom stereocenters. The summed E-state index contributed by atoms with van der Waals surface area (Å²) in [4.78, 5) is 14.4. The van der Waals surface area contributed by atoms with E-state index in [-0.39, 0.29) is 0 Å². The molecular weight excluding hydrogens is 530 g/mol. The predicted molar refractivity (Wildman–Crippen MR) is 164 cm³/mol. The Morgan fingerprint density at radius 1 is 0.829 bits per heavy atom. The third-order valence-electron chi connectivity index (χ3n) is 7.21. The van der Waals surface area contributed by atoms with Gasteiger partial charge in [0.1, 0.15) is 11.4 Å². The van der Waals surface area contributed by atoms with Gasteiger partial charge in [-0.3, -0.25) is 0 Å². The summed E-state index contributed by atoms with van der Waals surface area (Å²) < 4.78 is 7.45. The largest absolute Gasteiger partial charge is 0.438 e. The van der Waals surface area contributed by atoms with E-state index in [4.69, 9.17) is 9.84 Å². The Labute approximate surface area is 241 Å². The van der Waals surface area contributed by atoms with Gasteiger partial charge in [0.25, 0.3) is 0 Å². The van der Waals surface area contributed by atoms with Gasteiger partial charge < -0.3 is 15.4 Å². The Hall–Kier alpha value is -4.89. The van der Waals surface area contributed by atoms with Crippen molar-refractivity contribution in [3.63, 3.8) is 0 Å². The fraction of sp³-hybridized carbons (Fsp3) is 0.156. The smallest absolute Gasteiger partial charge is 0.228 e. The van der Waals surface area contributed by atoms with Crippen LogP contribution in [0, 0.1) is 0 Å². The maximum Gasteiger partial charge on any atom is 0.228 e. The first kappa shape index (κ1) is 25.1. The van der Waals surface area contributed by atoms with Crippen molar-refractivity contribution in [3.8, 4) is 33.5 Å². The molecule has 202 valence electrons. The van der Waals surface area contributed by atoms with Crippen molar-refractivity contribution in [2.45, 2.75) is 25.7 Å². The minimum atomic E-state index is 0.478. The van der Waals surface area contributed by atoms with Crippen LogP contribution in [0.1, 0.15) is 24.0 Å². The predicted octanol–water partition coefficient (Wildman–Crippen LogP) is 7.67. The van der Waals surface area contributed by atoms with Crippen molar-refractivity contribution in [2.24, 2.45) is 0 Å². The first-order valence-corrected chi connectivity index (χ1v) is 14.5. The van der Waals surface area contributed by atoms with Gasteiger partial charge in [-0.05, 0) is 91.2 Å². The maximum atomic E-state index is 6.18. The Morgan fingerprint density at radius 3 is 2.54 bits per heavy atom. The zero-order valence-electron chi connectivity index (χ0n) is 22.5. The minimum Gasteiger partial charge on any atom is -0.438 e. The topological polar surface area (TPSA) is 97.7 Å². The van der Waals surface area contributed by atoms with Crippen molar-refractivity contribution in [1.29, 1.82) is 0 Å². The molecule has 0 fully saturated rings. The molecule has 0 bridgehead atoms. The van der Waals surface area contributed by atoms with E-state index in [0.29, 0.717) is 17.6 Å². The van der Waals surface area contributed by atoms with Crippen LogP contribution in [-0.2, 0) is 12.8 Å². The van der Waals surface area contributed by atoms with Crippen LogP contribution >= 0.6 is 11.3 Å². The average molecular weight is 558 g/mol. The zero-order valence-corrected chi connectivity index (χ0v) is 23.3. The number of thiophene rings is 1. The van der Waals surface area contributed by atoms with Gasteiger partial charge in [-0.15, -0.1) is 21.5 Å². The lowest BCUT2D eigenvalue weighted by Crippen LogP contribution is -2.11. The molecule has 1 aliphatic carbocycles. The monoisotopic (exact) mass is 557 g/mol. The van der Waals surface area contributed by atoms with Gasteiger partial charge in [0.2, 0.25) is 11.8 Å². The van der Waals surface area contributed by atoms with Gasteiger partial charge in [0.05, 0.1) is 16.1 Å². The fourth-order valence-corrected chi connectivity index (χ4v) is 6.27. The summed E-state index contributed by atoms with van der Waals surface area (Å²) in [6, 6.07) is 24.2. The summed E-state index contributed by atoms with van der Waals surface area (Å²) >= 11 is 1.78. The normalized spacial score (nSPS) is 12.6. The number of pyridine rings is 1. The van der Waals surface area contributed by atoms with E-state index in [1.165, 1.54) is 32.5 Å². The van der Waals surface area contributed by atoms with Crippen LogP contribution in [-0.4, -0.2) is 32.2 Å². The number of nitrogens with one attached hydrogen (secondary N) is 2. The number of hydrogen-bond acceptors (Lipinski definition) is 9. The van der Waals surface area contributed by atoms with E-state index in [2.05, 4.69) is 61.0 Å². The van der Waals surface area contributed by atoms with Crippen LogP contribution in [0.3, 0.4) is 0 Å². The Morgan fingerprint density at radius 2 is 1.68 bits per heavy atom. The molecule has 0 spiro atoms. The van der Waals surface area contributed by atoms with E-state index >= 15 is 0 Å². The molecule has 41 heavy (non-hydrogen) atoms. The van der Waals surface area contributed by atoms with Crippen LogP contribution in [0.15, 0.2) is 85.2 Å². The molecule has 6 aromatic rings. The molecule has 2 aromatic carbocycles. The van der Waals surface area contributed by atoms with Crippen molar-refractivity contribution >= 4 is 38.9 Å². The molecule has 4 aromatic heterocycles. The third-order valence-corrected chi connectivity index (χ3v) is 8.33. The quantitative estimate of drug-likeness (QED) is 0.206. The average Bonchev–Trinajstić information content (AvgIpc) is 3.47. The molecule has 8 nitrogen and oxygen atoms in total. The molecule has 4 heterocycles. The van der Waals surface area contributed by atoms with Crippen LogP contribution in [0.5, 0.6) is 11.6 Å². The summed E-state index contributed by atoms with van der Waals surface area (Å²) in [7, 11) is 1.79. The number of aromatic nitrogens is 5. The van der Waals surface area contributed by atoms with E-state index < -0.39 is 0 Å². The van der Waals surface area contributed by atoms with Crippen molar-refractivity contribution < 1.29 is 4.74 Å². The third kappa shape index (κ3) is 5.07. The van der Waals surface area contributed by atoms with Crippen LogP contribution < -0.4 is 15.4 Å². The van der Waals surface area contributed by atoms with Gasteiger partial charge in [-0.2, -0.15) is 0 Å². The summed E-state index contributed by atoms with van der Waals surface area (Å²) in [5, 5.41) is 17.1. The molecule has 9 heteroatoms. The Balaban J connectivity index is 1.13. The second-order valence-corrected chi connectivity index (χ2v) is 10.9. The number of rotatable bonds is 7. The van der Waals surface area contributed by atoms with Crippen molar-refractivity contribution in [3.05, 3.63) is 96.3 Å². The number of nitrogens with zero attached hydrogens (tertiary/aromatic N) is 5. The molecule has 0 aliphatic heterocycles. The lowest BCUT2D eigenvalue weighted by atomic mass is 9.90. The van der Waals surface area contributed by atoms with E-state index in [1.54, 1.807) is 30.8 Å². The van der Waals surface area contributed by atoms with Gasteiger partial charge in [0, 0.05) is 35.4 Å². The molecule has 2 N–H and O–H groups in total. The van der Waals surface area contributed by atoms with Gasteiger partial charge in [0.15, 0.2) is 5.82 Å². The molecule has 0 unspecified atom stereocenters. The van der Waals surface area contributed by atoms with Crippen LogP contribution in [0.2, 0.25) is 0 Å². The van der Waals surface area contributed by atoms with Gasteiger partial charge in [-0.25, -0.2) is 15.0 Å². The van der Waals surface area contributed by atoms with Gasteiger partial charge >= 0.3 is 0 Å². The van der Waals surface area contributed by atoms with E-state index in [1.807, 2.05) is 42.5 Å². The van der Waals surface area contributed by atoms with Gasteiger partial charge in [-0.1, -0.05) is 18.2 Å². The first-order chi connectivity index (χ1) is 20.2. The lowest BCUT2D eigenvalue weighted by molar-refractivity contribution is 0.465. The van der Waals surface area contributed by atoms with Crippen LogP contribution in [0.4, 0.5) is 17.5 Å². The Kier molecular flexibility index (Phi) is 6.70. The highest BCUT2D eigenvalue weighted by Gasteiger charge is 2.22. The molecule has 0 radical (unpaired) electrons. The summed E-state index contributed by atoms with van der Waals surface area (Å²) in [5.74, 6) is 2.52. The number of benzene rings is 2. The number of ether oxygens (including phenoxy) is 1. The maximum absolute atomic E-state index is 6.18. The van der Waals surface area contributed by atoms with E-state index in [0.717, 1.165) is 47.7 Å². The zero-order chi connectivity index (χ0) is 27.6. The molecule has 0 saturated carbocycles.